The zero-order valence-electron chi connectivity index (χ0n) is 19.1. The van der Waals surface area contributed by atoms with Gasteiger partial charge in [0, 0.05) is 31.3 Å². The molecule has 172 valence electrons. The first-order valence-electron chi connectivity index (χ1n) is 11.5. The summed E-state index contributed by atoms with van der Waals surface area (Å²) in [6.45, 7) is 2.91. The molecule has 1 saturated heterocycles. The monoisotopic (exact) mass is 455 g/mol. The Morgan fingerprint density at radius 1 is 1.06 bits per heavy atom. The van der Waals surface area contributed by atoms with Crippen LogP contribution in [-0.4, -0.2) is 47.6 Å². The van der Waals surface area contributed by atoms with Gasteiger partial charge in [0.05, 0.1) is 18.2 Å². The summed E-state index contributed by atoms with van der Waals surface area (Å²) in [6.07, 6.45) is 1.03. The topological polar surface area (TPSA) is 83.7 Å². The van der Waals surface area contributed by atoms with Crippen molar-refractivity contribution in [2.75, 3.05) is 20.2 Å². The number of benzene rings is 3. The number of para-hydroxylation sites is 1. The fraction of sp³-hybridized carbons (Fsp3) is 0.259. The van der Waals surface area contributed by atoms with E-state index < -0.39 is 5.72 Å². The number of carbonyl (C=O) groups is 2. The molecule has 7 heteroatoms. The molecule has 6 rings (SSSR count). The Morgan fingerprint density at radius 2 is 1.79 bits per heavy atom. The Balaban J connectivity index is 1.24. The summed E-state index contributed by atoms with van der Waals surface area (Å²) in [4.78, 5) is 31.4. The summed E-state index contributed by atoms with van der Waals surface area (Å²) in [5.41, 5.74) is 2.04. The van der Waals surface area contributed by atoms with Crippen LogP contribution in [0.3, 0.4) is 0 Å². The van der Waals surface area contributed by atoms with Crippen LogP contribution < -0.4 is 14.8 Å². The summed E-state index contributed by atoms with van der Waals surface area (Å²) >= 11 is 0. The van der Waals surface area contributed by atoms with E-state index in [4.69, 9.17) is 9.47 Å². The van der Waals surface area contributed by atoms with Crippen molar-refractivity contribution in [1.29, 1.82) is 0 Å². The first kappa shape index (κ1) is 20.6. The van der Waals surface area contributed by atoms with E-state index >= 15 is 0 Å². The predicted octanol–water partition coefficient (Wildman–Crippen LogP) is 4.39. The van der Waals surface area contributed by atoms with Gasteiger partial charge in [-0.1, -0.05) is 36.4 Å². The van der Waals surface area contributed by atoms with Gasteiger partial charge in [0.15, 0.2) is 5.72 Å². The second kappa shape index (κ2) is 7.52. The number of H-pyrrole nitrogens is 1. The number of aromatic nitrogens is 1. The molecule has 2 N–H and O–H groups in total. The third-order valence-corrected chi connectivity index (χ3v) is 7.09. The number of aryl methyl sites for hydroxylation is 1. The third-order valence-electron chi connectivity index (χ3n) is 7.09. The number of amides is 2. The van der Waals surface area contributed by atoms with E-state index in [0.29, 0.717) is 48.7 Å². The van der Waals surface area contributed by atoms with Crippen molar-refractivity contribution in [2.24, 2.45) is 0 Å². The number of fused-ring (bicyclic) bond motifs is 3. The third kappa shape index (κ3) is 3.11. The first-order valence-corrected chi connectivity index (χ1v) is 11.5. The molecule has 2 aliphatic heterocycles. The van der Waals surface area contributed by atoms with Crippen LogP contribution in [0.25, 0.3) is 21.7 Å². The van der Waals surface area contributed by atoms with Gasteiger partial charge in [-0.15, -0.1) is 0 Å². The van der Waals surface area contributed by atoms with Crippen molar-refractivity contribution in [3.8, 4) is 11.5 Å². The van der Waals surface area contributed by atoms with Crippen molar-refractivity contribution >= 4 is 33.5 Å². The van der Waals surface area contributed by atoms with Crippen LogP contribution in [0.5, 0.6) is 11.5 Å². The van der Waals surface area contributed by atoms with Crippen LogP contribution in [0.15, 0.2) is 54.6 Å². The fourth-order valence-corrected chi connectivity index (χ4v) is 5.16. The normalized spacial score (nSPS) is 16.9. The molecule has 3 heterocycles. The highest BCUT2D eigenvalue weighted by molar-refractivity contribution is 6.03. The molecular formula is C27H25N3O4. The zero-order valence-corrected chi connectivity index (χ0v) is 19.1. The number of nitrogens with zero attached hydrogens (tertiary/aromatic N) is 1. The lowest BCUT2D eigenvalue weighted by Crippen LogP contribution is -2.61. The minimum absolute atomic E-state index is 0.0564. The minimum Gasteiger partial charge on any atom is -0.495 e. The standard InChI is InChI=1S/C27H25N3O4/c1-16-19-8-5-9-21(33-2)24(19)28-23(16)26(32)30-12-10-27(11-13-30)29-25(31)20-14-17-6-3-4-7-18(17)15-22(20)34-27/h3-9,14-15,28H,10-13H2,1-2H3,(H,29,31). The molecule has 0 bridgehead atoms. The molecule has 4 aromatic rings. The van der Waals surface area contributed by atoms with Crippen molar-refractivity contribution in [2.45, 2.75) is 25.5 Å². The fourth-order valence-electron chi connectivity index (χ4n) is 5.16. The van der Waals surface area contributed by atoms with Gasteiger partial charge in [-0.25, -0.2) is 0 Å². The van der Waals surface area contributed by atoms with Crippen molar-refractivity contribution in [3.05, 3.63) is 71.4 Å². The number of nitrogens with one attached hydrogen (secondary N) is 2. The number of methoxy groups -OCH3 is 1. The van der Waals surface area contributed by atoms with Gasteiger partial charge in [0.2, 0.25) is 0 Å². The van der Waals surface area contributed by atoms with Gasteiger partial charge in [-0.05, 0) is 41.5 Å². The van der Waals surface area contributed by atoms with E-state index in [9.17, 15) is 9.59 Å². The molecule has 0 unspecified atom stereocenters. The first-order chi connectivity index (χ1) is 16.5. The van der Waals surface area contributed by atoms with Crippen LogP contribution in [0.2, 0.25) is 0 Å². The molecule has 7 nitrogen and oxygen atoms in total. The highest BCUT2D eigenvalue weighted by atomic mass is 16.5. The SMILES string of the molecule is COc1cccc2c(C)c(C(=O)N3CCC4(CC3)NC(=O)c3cc5ccccc5cc3O4)[nH]c12. The van der Waals surface area contributed by atoms with Crippen molar-refractivity contribution in [3.63, 3.8) is 0 Å². The Bertz CT molecular complexity index is 1460. The summed E-state index contributed by atoms with van der Waals surface area (Å²) in [5, 5.41) is 6.08. The highest BCUT2D eigenvalue weighted by Crippen LogP contribution is 2.37. The number of rotatable bonds is 2. The summed E-state index contributed by atoms with van der Waals surface area (Å²) < 4.78 is 11.8. The van der Waals surface area contributed by atoms with Crippen LogP contribution >= 0.6 is 0 Å². The molecular weight excluding hydrogens is 430 g/mol. The van der Waals surface area contributed by atoms with Gasteiger partial charge < -0.3 is 24.7 Å². The average molecular weight is 456 g/mol. The number of carbonyl (C=O) groups excluding carboxylic acids is 2. The molecule has 3 aromatic carbocycles. The number of likely N-dealkylation sites (tertiary alicyclic amines) is 1. The lowest BCUT2D eigenvalue weighted by atomic mass is 9.95. The Labute approximate surface area is 196 Å². The van der Waals surface area contributed by atoms with E-state index in [0.717, 1.165) is 27.2 Å². The van der Waals surface area contributed by atoms with E-state index in [1.807, 2.05) is 66.4 Å². The van der Waals surface area contributed by atoms with Gasteiger partial charge in [-0.3, -0.25) is 9.59 Å². The molecule has 1 aromatic heterocycles. The smallest absolute Gasteiger partial charge is 0.270 e. The van der Waals surface area contributed by atoms with Crippen LogP contribution in [0.4, 0.5) is 0 Å². The summed E-state index contributed by atoms with van der Waals surface area (Å²) in [5.74, 6) is 1.12. The summed E-state index contributed by atoms with van der Waals surface area (Å²) in [7, 11) is 1.62. The Kier molecular flexibility index (Phi) is 4.55. The Hall–Kier alpha value is -4.00. The highest BCUT2D eigenvalue weighted by Gasteiger charge is 2.43. The van der Waals surface area contributed by atoms with Gasteiger partial charge in [0.1, 0.15) is 17.2 Å². The number of aromatic amines is 1. The number of hydrogen-bond donors (Lipinski definition) is 2. The number of ether oxygens (including phenoxy) is 2. The van der Waals surface area contributed by atoms with E-state index in [-0.39, 0.29) is 11.8 Å². The van der Waals surface area contributed by atoms with Crippen LogP contribution in [0.1, 0.15) is 39.3 Å². The maximum absolute atomic E-state index is 13.4. The van der Waals surface area contributed by atoms with E-state index in [2.05, 4.69) is 10.3 Å². The molecule has 2 amide bonds. The Morgan fingerprint density at radius 3 is 2.53 bits per heavy atom. The second-order valence-electron chi connectivity index (χ2n) is 9.05. The molecule has 1 spiro atoms. The minimum atomic E-state index is -0.804. The summed E-state index contributed by atoms with van der Waals surface area (Å²) in [6, 6.07) is 17.5. The molecule has 0 radical (unpaired) electrons. The average Bonchev–Trinajstić information content (AvgIpc) is 3.19. The lowest BCUT2D eigenvalue weighted by Gasteiger charge is -2.44. The van der Waals surface area contributed by atoms with E-state index in [1.165, 1.54) is 0 Å². The lowest BCUT2D eigenvalue weighted by molar-refractivity contribution is -0.0245. The maximum atomic E-state index is 13.4. The molecule has 0 aliphatic carbocycles. The maximum Gasteiger partial charge on any atom is 0.270 e. The predicted molar refractivity (Wildman–Crippen MR) is 129 cm³/mol. The largest absolute Gasteiger partial charge is 0.495 e. The zero-order chi connectivity index (χ0) is 23.4. The van der Waals surface area contributed by atoms with Gasteiger partial charge >= 0.3 is 0 Å². The molecule has 2 aliphatic rings. The number of hydrogen-bond acceptors (Lipinski definition) is 4. The van der Waals surface area contributed by atoms with E-state index in [1.54, 1.807) is 7.11 Å². The molecule has 0 saturated carbocycles. The number of piperidine rings is 1. The van der Waals surface area contributed by atoms with Crippen molar-refractivity contribution in [1.82, 2.24) is 15.2 Å². The molecule has 1 fully saturated rings. The molecule has 0 atom stereocenters. The van der Waals surface area contributed by atoms with Crippen LogP contribution in [0, 0.1) is 6.92 Å². The second-order valence-corrected chi connectivity index (χ2v) is 9.05. The van der Waals surface area contributed by atoms with Gasteiger partial charge in [0.25, 0.3) is 11.8 Å². The van der Waals surface area contributed by atoms with Crippen molar-refractivity contribution < 1.29 is 19.1 Å². The quantitative estimate of drug-likeness (QED) is 0.470. The van der Waals surface area contributed by atoms with Crippen LogP contribution in [-0.2, 0) is 0 Å². The molecule has 34 heavy (non-hydrogen) atoms. The van der Waals surface area contributed by atoms with Gasteiger partial charge in [-0.2, -0.15) is 0 Å².